The van der Waals surface area contributed by atoms with Gasteiger partial charge in [-0.3, -0.25) is 9.59 Å². The van der Waals surface area contributed by atoms with E-state index in [4.69, 9.17) is 0 Å². The third-order valence-corrected chi connectivity index (χ3v) is 6.48. The summed E-state index contributed by atoms with van der Waals surface area (Å²) in [7, 11) is 0. The van der Waals surface area contributed by atoms with Gasteiger partial charge < -0.3 is 15.2 Å². The minimum atomic E-state index is -0.164. The average molecular weight is 567 g/mol. The van der Waals surface area contributed by atoms with Gasteiger partial charge in [0.05, 0.1) is 18.0 Å². The van der Waals surface area contributed by atoms with Crippen LogP contribution in [0.4, 0.5) is 5.69 Å². The highest BCUT2D eigenvalue weighted by atomic mass is 79.9. The molecule has 3 rings (SSSR count). The zero-order valence-electron chi connectivity index (χ0n) is 17.0. The van der Waals surface area contributed by atoms with Crippen molar-refractivity contribution >= 4 is 61.1 Å². The monoisotopic (exact) mass is 565 g/mol. The first-order chi connectivity index (χ1) is 14.9. The first-order valence-electron chi connectivity index (χ1n) is 9.52. The quantitative estimate of drug-likeness (QED) is 0.383. The van der Waals surface area contributed by atoms with Gasteiger partial charge in [-0.1, -0.05) is 45.4 Å². The molecule has 0 fully saturated rings. The highest BCUT2D eigenvalue weighted by Crippen LogP contribution is 2.26. The molecule has 1 aromatic heterocycles. The van der Waals surface area contributed by atoms with Gasteiger partial charge in [-0.05, 0) is 60.1 Å². The fourth-order valence-corrected chi connectivity index (χ4v) is 4.36. The molecule has 0 saturated heterocycles. The number of carbonyl (C=O) groups is 2. The van der Waals surface area contributed by atoms with Crippen molar-refractivity contribution in [2.24, 2.45) is 0 Å². The third-order valence-electron chi connectivity index (χ3n) is 4.33. The van der Waals surface area contributed by atoms with Crippen LogP contribution in [-0.2, 0) is 17.9 Å². The number of nitrogens with one attached hydrogen (secondary N) is 2. The highest BCUT2D eigenvalue weighted by molar-refractivity contribution is 9.11. The van der Waals surface area contributed by atoms with Crippen LogP contribution >= 0.6 is 43.6 Å². The Kier molecular flexibility index (Phi) is 8.28. The first-order valence-corrected chi connectivity index (χ1v) is 12.1. The van der Waals surface area contributed by atoms with E-state index in [-0.39, 0.29) is 24.1 Å². The molecule has 0 aliphatic heterocycles. The molecule has 2 N–H and O–H groups in total. The lowest BCUT2D eigenvalue weighted by atomic mass is 10.1. The molecule has 0 aliphatic carbocycles. The second-order valence-electron chi connectivity index (χ2n) is 6.66. The second kappa shape index (κ2) is 10.9. The van der Waals surface area contributed by atoms with Gasteiger partial charge >= 0.3 is 0 Å². The largest absolute Gasteiger partial charge is 0.345 e. The number of hydrogen-bond donors (Lipinski definition) is 2. The van der Waals surface area contributed by atoms with Crippen LogP contribution in [0.2, 0.25) is 0 Å². The molecule has 0 radical (unpaired) electrons. The Balaban J connectivity index is 1.58. The van der Waals surface area contributed by atoms with Crippen molar-refractivity contribution in [3.63, 3.8) is 0 Å². The molecule has 2 amide bonds. The van der Waals surface area contributed by atoms with E-state index in [1.807, 2.05) is 54.8 Å². The summed E-state index contributed by atoms with van der Waals surface area (Å²) in [5, 5.41) is 14.8. The molecule has 2 aromatic carbocycles. The maximum absolute atomic E-state index is 12.4. The summed E-state index contributed by atoms with van der Waals surface area (Å²) in [6.07, 6.45) is 0. The molecule has 0 atom stereocenters. The van der Waals surface area contributed by atoms with Crippen LogP contribution < -0.4 is 10.6 Å². The highest BCUT2D eigenvalue weighted by Gasteiger charge is 2.15. The van der Waals surface area contributed by atoms with Gasteiger partial charge in [0, 0.05) is 21.1 Å². The Morgan fingerprint density at radius 3 is 2.68 bits per heavy atom. The summed E-state index contributed by atoms with van der Waals surface area (Å²) in [6, 6.07) is 13.0. The maximum Gasteiger partial charge on any atom is 0.251 e. The molecule has 162 valence electrons. The van der Waals surface area contributed by atoms with E-state index in [1.165, 1.54) is 11.8 Å². The summed E-state index contributed by atoms with van der Waals surface area (Å²) < 4.78 is 3.57. The van der Waals surface area contributed by atoms with Gasteiger partial charge in [-0.15, -0.1) is 10.2 Å². The maximum atomic E-state index is 12.4. The lowest BCUT2D eigenvalue weighted by Crippen LogP contribution is -2.25. The van der Waals surface area contributed by atoms with Crippen LogP contribution in [0.25, 0.3) is 0 Å². The first kappa shape index (κ1) is 23.5. The normalized spacial score (nSPS) is 10.7. The average Bonchev–Trinajstić information content (AvgIpc) is 3.15. The number of aromatic nitrogens is 3. The molecular weight excluding hydrogens is 546 g/mol. The molecule has 7 nitrogen and oxygen atoms in total. The molecular formula is C21H21Br2N5O2S. The predicted molar refractivity (Wildman–Crippen MR) is 129 cm³/mol. The number of carbonyl (C=O) groups excluding carboxylic acids is 2. The number of nitrogens with zero attached hydrogens (tertiary/aromatic N) is 3. The summed E-state index contributed by atoms with van der Waals surface area (Å²) in [4.78, 5) is 24.8. The van der Waals surface area contributed by atoms with E-state index < -0.39 is 0 Å². The number of rotatable bonds is 8. The minimum absolute atomic E-state index is 0.149. The smallest absolute Gasteiger partial charge is 0.251 e. The summed E-state index contributed by atoms with van der Waals surface area (Å²) in [5.74, 6) is 0.514. The van der Waals surface area contributed by atoms with Crippen LogP contribution in [0.15, 0.2) is 56.6 Å². The predicted octanol–water partition coefficient (Wildman–Crippen LogP) is 4.79. The molecule has 0 bridgehead atoms. The summed E-state index contributed by atoms with van der Waals surface area (Å²) >= 11 is 8.13. The van der Waals surface area contributed by atoms with Crippen molar-refractivity contribution in [3.05, 3.63) is 68.4 Å². The number of halogens is 2. The van der Waals surface area contributed by atoms with Crippen molar-refractivity contribution in [2.75, 3.05) is 11.1 Å². The zero-order valence-corrected chi connectivity index (χ0v) is 21.0. The lowest BCUT2D eigenvalue weighted by Gasteiger charge is -2.10. The van der Waals surface area contributed by atoms with Crippen LogP contribution in [0.1, 0.15) is 28.7 Å². The Bertz CT molecular complexity index is 1100. The number of aryl methyl sites for hydroxylation is 1. The number of hydrogen-bond acceptors (Lipinski definition) is 5. The fraction of sp³-hybridized carbons (Fsp3) is 0.238. The molecule has 3 aromatic rings. The van der Waals surface area contributed by atoms with Crippen molar-refractivity contribution in [3.8, 4) is 0 Å². The van der Waals surface area contributed by atoms with E-state index in [0.29, 0.717) is 28.8 Å². The van der Waals surface area contributed by atoms with Gasteiger partial charge in [0.25, 0.3) is 5.91 Å². The van der Waals surface area contributed by atoms with Crippen LogP contribution in [0, 0.1) is 6.92 Å². The van der Waals surface area contributed by atoms with Crippen molar-refractivity contribution in [1.82, 2.24) is 20.1 Å². The van der Waals surface area contributed by atoms with Gasteiger partial charge in [0.2, 0.25) is 5.91 Å². The second-order valence-corrected chi connectivity index (χ2v) is 9.37. The lowest BCUT2D eigenvalue weighted by molar-refractivity contribution is -0.113. The SMILES string of the molecule is CCn1c(CNC(=O)c2cccc(C)c2)nnc1SCC(=O)Nc1cc(Br)ccc1Br. The van der Waals surface area contributed by atoms with Crippen LogP contribution in [0.3, 0.4) is 0 Å². The minimum Gasteiger partial charge on any atom is -0.345 e. The Hall–Kier alpha value is -2.17. The third kappa shape index (κ3) is 6.41. The molecule has 10 heteroatoms. The number of thioether (sulfide) groups is 1. The molecule has 31 heavy (non-hydrogen) atoms. The number of anilines is 1. The molecule has 0 aliphatic rings. The van der Waals surface area contributed by atoms with Gasteiger partial charge in [0.15, 0.2) is 11.0 Å². The molecule has 1 heterocycles. The standard InChI is InChI=1S/C21H21Br2N5O2S/c1-3-28-18(11-24-20(30)14-6-4-5-13(2)9-14)26-27-21(28)31-12-19(29)25-17-10-15(22)7-8-16(17)23/h4-10H,3,11-12H2,1-2H3,(H,24,30)(H,25,29). The number of amides is 2. The molecule has 0 spiro atoms. The van der Waals surface area contributed by atoms with E-state index >= 15 is 0 Å². The zero-order chi connectivity index (χ0) is 22.4. The van der Waals surface area contributed by atoms with Crippen molar-refractivity contribution < 1.29 is 9.59 Å². The van der Waals surface area contributed by atoms with E-state index in [0.717, 1.165) is 14.5 Å². The Morgan fingerprint density at radius 1 is 1.13 bits per heavy atom. The van der Waals surface area contributed by atoms with Crippen LogP contribution in [-0.4, -0.2) is 32.3 Å². The van der Waals surface area contributed by atoms with Crippen LogP contribution in [0.5, 0.6) is 0 Å². The Labute approximate surface area is 201 Å². The Morgan fingerprint density at radius 2 is 1.94 bits per heavy atom. The topological polar surface area (TPSA) is 88.9 Å². The van der Waals surface area contributed by atoms with Gasteiger partial charge in [-0.25, -0.2) is 0 Å². The summed E-state index contributed by atoms with van der Waals surface area (Å²) in [6.45, 7) is 4.80. The van der Waals surface area contributed by atoms with E-state index in [2.05, 4.69) is 52.7 Å². The molecule has 0 saturated carbocycles. The summed E-state index contributed by atoms with van der Waals surface area (Å²) in [5.41, 5.74) is 2.32. The van der Waals surface area contributed by atoms with Gasteiger partial charge in [-0.2, -0.15) is 0 Å². The van der Waals surface area contributed by atoms with E-state index in [1.54, 1.807) is 6.07 Å². The van der Waals surface area contributed by atoms with E-state index in [9.17, 15) is 9.59 Å². The fourth-order valence-electron chi connectivity index (χ4n) is 2.83. The van der Waals surface area contributed by atoms with Gasteiger partial charge in [0.1, 0.15) is 0 Å². The number of benzene rings is 2. The van der Waals surface area contributed by atoms with Crippen molar-refractivity contribution in [1.29, 1.82) is 0 Å². The van der Waals surface area contributed by atoms with Crippen molar-refractivity contribution in [2.45, 2.75) is 32.1 Å². The molecule has 0 unspecified atom stereocenters.